The smallest absolute Gasteiger partial charge is 0.161 e. The van der Waals surface area contributed by atoms with Gasteiger partial charge in [0.2, 0.25) is 0 Å². The number of hydrogen-bond donors (Lipinski definition) is 0. The molecule has 4 heterocycles. The first-order valence-corrected chi connectivity index (χ1v) is 31.2. The number of nitrogens with zero attached hydrogens (tertiary/aromatic N) is 6. The molecular formula is C86H56N6. The van der Waals surface area contributed by atoms with E-state index in [0.29, 0.717) is 11.6 Å². The minimum Gasteiger partial charge on any atom is -0.309 e. The first-order valence-electron chi connectivity index (χ1n) is 31.2. The van der Waals surface area contributed by atoms with Gasteiger partial charge >= 0.3 is 0 Å². The normalized spacial score (nSPS) is 11.5. The number of hydrogen-bond acceptors (Lipinski definition) is 4. The van der Waals surface area contributed by atoms with Crippen molar-refractivity contribution in [2.45, 2.75) is 0 Å². The Labute approximate surface area is 533 Å². The van der Waals surface area contributed by atoms with Crippen molar-refractivity contribution in [3.05, 3.63) is 340 Å². The average Bonchev–Trinajstić information content (AvgIpc) is 0.924. The fourth-order valence-corrected chi connectivity index (χ4v) is 13.7. The van der Waals surface area contributed by atoms with Crippen LogP contribution in [0.1, 0.15) is 0 Å². The molecule has 0 N–H and O–H groups in total. The Morgan fingerprint density at radius 3 is 0.761 bits per heavy atom. The molecule has 430 valence electrons. The van der Waals surface area contributed by atoms with Crippen molar-refractivity contribution in [2.75, 3.05) is 0 Å². The third kappa shape index (κ3) is 9.45. The molecule has 0 amide bonds. The van der Waals surface area contributed by atoms with Crippen LogP contribution in [0.15, 0.2) is 340 Å². The molecule has 0 radical (unpaired) electrons. The van der Waals surface area contributed by atoms with Crippen LogP contribution in [-0.4, -0.2) is 29.1 Å². The van der Waals surface area contributed by atoms with E-state index in [9.17, 15) is 0 Å². The number of aromatic nitrogens is 6. The van der Waals surface area contributed by atoms with Gasteiger partial charge in [-0.05, 0) is 106 Å². The predicted octanol–water partition coefficient (Wildman–Crippen LogP) is 22.1. The first kappa shape index (κ1) is 53.8. The second-order valence-electron chi connectivity index (χ2n) is 23.2. The van der Waals surface area contributed by atoms with E-state index in [1.807, 2.05) is 0 Å². The monoisotopic (exact) mass is 1170 g/mol. The van der Waals surface area contributed by atoms with E-state index in [-0.39, 0.29) is 0 Å². The van der Waals surface area contributed by atoms with E-state index in [1.54, 1.807) is 0 Å². The van der Waals surface area contributed by atoms with Gasteiger partial charge in [0.1, 0.15) is 0 Å². The van der Waals surface area contributed by atoms with Gasteiger partial charge in [-0.1, -0.05) is 267 Å². The Kier molecular flexibility index (Phi) is 13.4. The minimum atomic E-state index is 0.527. The van der Waals surface area contributed by atoms with Crippen molar-refractivity contribution >= 4 is 43.6 Å². The summed E-state index contributed by atoms with van der Waals surface area (Å²) < 4.78 is 4.78. The SMILES string of the molecule is c1ccc(-c2cc(-c3ccccc3)nc(-c3c(-c4ccccc4)c(-c4ccc5c(c4)c4ccccc4n5-c4ccccc4)c(-c4ccccc4)c(-c4ccc5c(c4)c4ccccc4n5-c4ccccc4)c3-c3nc(-c4ccccc4)cc(-c4ccccc4)n3)n2)cc1. The van der Waals surface area contributed by atoms with Crippen LogP contribution in [0.25, 0.3) is 167 Å². The molecule has 0 fully saturated rings. The van der Waals surface area contributed by atoms with Crippen LogP contribution in [0.4, 0.5) is 0 Å². The summed E-state index contributed by atoms with van der Waals surface area (Å²) in [5.41, 5.74) is 23.1. The third-order valence-corrected chi connectivity index (χ3v) is 17.8. The molecule has 17 aromatic rings. The van der Waals surface area contributed by atoms with Crippen LogP contribution in [0.3, 0.4) is 0 Å². The largest absolute Gasteiger partial charge is 0.309 e. The van der Waals surface area contributed by atoms with Gasteiger partial charge in [0.05, 0.1) is 44.8 Å². The Balaban J connectivity index is 1.12. The summed E-state index contributed by atoms with van der Waals surface area (Å²) in [5, 5.41) is 4.52. The Morgan fingerprint density at radius 2 is 0.424 bits per heavy atom. The molecule has 6 heteroatoms. The fraction of sp³-hybridized carbons (Fsp3) is 0. The van der Waals surface area contributed by atoms with Gasteiger partial charge in [0, 0.05) is 77.4 Å². The zero-order valence-corrected chi connectivity index (χ0v) is 50.0. The second kappa shape index (κ2) is 23.0. The van der Waals surface area contributed by atoms with Crippen molar-refractivity contribution in [1.29, 1.82) is 0 Å². The molecule has 0 saturated carbocycles. The van der Waals surface area contributed by atoms with E-state index in [1.165, 1.54) is 0 Å². The van der Waals surface area contributed by atoms with Gasteiger partial charge < -0.3 is 9.13 Å². The van der Waals surface area contributed by atoms with Crippen LogP contribution in [0.2, 0.25) is 0 Å². The summed E-state index contributed by atoms with van der Waals surface area (Å²) >= 11 is 0. The first-order chi connectivity index (χ1) is 45.7. The summed E-state index contributed by atoms with van der Waals surface area (Å²) in [4.78, 5) is 23.6. The lowest BCUT2D eigenvalue weighted by molar-refractivity contribution is 1.16. The van der Waals surface area contributed by atoms with E-state index in [4.69, 9.17) is 19.9 Å². The molecule has 0 aliphatic rings. The van der Waals surface area contributed by atoms with E-state index < -0.39 is 0 Å². The van der Waals surface area contributed by atoms with Crippen LogP contribution in [0, 0.1) is 0 Å². The summed E-state index contributed by atoms with van der Waals surface area (Å²) in [6, 6.07) is 121. The van der Waals surface area contributed by atoms with Gasteiger partial charge in [0.25, 0.3) is 0 Å². The highest BCUT2D eigenvalue weighted by Gasteiger charge is 2.34. The van der Waals surface area contributed by atoms with Crippen molar-refractivity contribution in [1.82, 2.24) is 29.1 Å². The van der Waals surface area contributed by atoms with Crippen LogP contribution < -0.4 is 0 Å². The molecule has 6 nitrogen and oxygen atoms in total. The van der Waals surface area contributed by atoms with E-state index >= 15 is 0 Å². The highest BCUT2D eigenvalue weighted by atomic mass is 15.0. The number of fused-ring (bicyclic) bond motifs is 6. The molecular weight excluding hydrogens is 1120 g/mol. The Bertz CT molecular complexity index is 5460. The maximum atomic E-state index is 5.89. The molecule has 92 heavy (non-hydrogen) atoms. The summed E-state index contributed by atoms with van der Waals surface area (Å²) in [6.07, 6.45) is 0. The Hall–Kier alpha value is -12.4. The topological polar surface area (TPSA) is 61.4 Å². The van der Waals surface area contributed by atoms with Crippen LogP contribution in [-0.2, 0) is 0 Å². The zero-order valence-electron chi connectivity index (χ0n) is 50.0. The minimum absolute atomic E-state index is 0.527. The molecule has 0 saturated heterocycles. The zero-order chi connectivity index (χ0) is 60.9. The summed E-state index contributed by atoms with van der Waals surface area (Å²) in [5.74, 6) is 1.05. The van der Waals surface area contributed by atoms with Gasteiger partial charge in [0.15, 0.2) is 11.6 Å². The predicted molar refractivity (Wildman–Crippen MR) is 381 cm³/mol. The fourth-order valence-electron chi connectivity index (χ4n) is 13.7. The summed E-state index contributed by atoms with van der Waals surface area (Å²) in [6.45, 7) is 0. The highest BCUT2D eigenvalue weighted by molar-refractivity contribution is 6.18. The van der Waals surface area contributed by atoms with Gasteiger partial charge in [-0.2, -0.15) is 0 Å². The molecule has 13 aromatic carbocycles. The van der Waals surface area contributed by atoms with Gasteiger partial charge in [-0.3, -0.25) is 0 Å². The van der Waals surface area contributed by atoms with Gasteiger partial charge in [-0.15, -0.1) is 0 Å². The summed E-state index contributed by atoms with van der Waals surface area (Å²) in [7, 11) is 0. The van der Waals surface area contributed by atoms with Crippen molar-refractivity contribution < 1.29 is 0 Å². The van der Waals surface area contributed by atoms with Crippen LogP contribution >= 0.6 is 0 Å². The van der Waals surface area contributed by atoms with Crippen LogP contribution in [0.5, 0.6) is 0 Å². The quantitative estimate of drug-likeness (QED) is 0.122. The van der Waals surface area contributed by atoms with Crippen molar-refractivity contribution in [3.8, 4) is 124 Å². The van der Waals surface area contributed by atoms with Crippen molar-refractivity contribution in [3.63, 3.8) is 0 Å². The molecule has 0 bridgehead atoms. The highest BCUT2D eigenvalue weighted by Crippen LogP contribution is 2.57. The molecule has 0 aliphatic carbocycles. The lowest BCUT2D eigenvalue weighted by Crippen LogP contribution is -2.07. The van der Waals surface area contributed by atoms with E-state index in [0.717, 1.165) is 156 Å². The average molecular weight is 1170 g/mol. The van der Waals surface area contributed by atoms with E-state index in [2.05, 4.69) is 349 Å². The van der Waals surface area contributed by atoms with Crippen molar-refractivity contribution in [2.24, 2.45) is 0 Å². The molecule has 4 aromatic heterocycles. The number of benzene rings is 13. The number of rotatable bonds is 12. The lowest BCUT2D eigenvalue weighted by Gasteiger charge is -2.28. The third-order valence-electron chi connectivity index (χ3n) is 17.8. The molecule has 0 spiro atoms. The van der Waals surface area contributed by atoms with Gasteiger partial charge in [-0.25, -0.2) is 19.9 Å². The second-order valence-corrected chi connectivity index (χ2v) is 23.2. The molecule has 0 unspecified atom stereocenters. The maximum absolute atomic E-state index is 5.89. The molecule has 0 atom stereocenters. The Morgan fingerprint density at radius 1 is 0.174 bits per heavy atom. The number of para-hydroxylation sites is 4. The lowest BCUT2D eigenvalue weighted by atomic mass is 9.76. The standard InChI is InChI=1S/C86H56N6/c1-9-29-57(30-10-1)71-55-72(58-31-11-2-12-32-58)88-85(87-71)83-80(62-39-19-6-20-40-62)81(63-49-51-77-69(53-63)67-45-25-27-47-75(67)91(77)65-41-21-7-22-42-65)79(61-37-17-5-18-38-61)82(64-50-52-78-70(54-64)68-46-26-28-48-76(68)92(78)66-43-23-8-24-44-66)84(83)86-89-73(59-33-13-3-14-34-59)56-74(90-86)60-35-15-4-16-36-60/h1-56H. The maximum Gasteiger partial charge on any atom is 0.161 e. The molecule has 0 aliphatic heterocycles. The molecule has 17 rings (SSSR count).